The number of fused-ring (bicyclic) bond motifs is 1. The Labute approximate surface area is 156 Å². The summed E-state index contributed by atoms with van der Waals surface area (Å²) in [6.07, 6.45) is 3.07. The molecule has 4 heterocycles. The minimum atomic E-state index is -0.132. The number of H-pyrrole nitrogens is 1. The topological polar surface area (TPSA) is 97.1 Å². The molecule has 0 saturated carbocycles. The maximum absolute atomic E-state index is 12.8. The van der Waals surface area contributed by atoms with E-state index in [9.17, 15) is 4.79 Å². The van der Waals surface area contributed by atoms with Crippen LogP contribution >= 0.6 is 0 Å². The van der Waals surface area contributed by atoms with Gasteiger partial charge in [0, 0.05) is 37.2 Å². The van der Waals surface area contributed by atoms with E-state index in [1.54, 1.807) is 31.2 Å². The lowest BCUT2D eigenvalue weighted by molar-refractivity contribution is 0.0696. The number of aromatic nitrogens is 4. The zero-order chi connectivity index (χ0) is 19.0. The van der Waals surface area contributed by atoms with Crippen LogP contribution in [0.2, 0.25) is 0 Å². The maximum Gasteiger partial charge on any atom is 0.291 e. The van der Waals surface area contributed by atoms with Crippen molar-refractivity contribution in [3.05, 3.63) is 47.1 Å². The van der Waals surface area contributed by atoms with Crippen molar-refractivity contribution in [1.29, 1.82) is 0 Å². The second kappa shape index (κ2) is 6.86. The summed E-state index contributed by atoms with van der Waals surface area (Å²) in [7, 11) is 1.58. The summed E-state index contributed by atoms with van der Waals surface area (Å²) < 4.78 is 10.7. The average molecular weight is 367 g/mol. The Morgan fingerprint density at radius 1 is 1.37 bits per heavy atom. The SMILES string of the molecule is CCc1nc(C)c(C(=O)N2CCc3nc(-c4ccc(OC)nc4)[nH]c3C2)o1. The molecular formula is C19H21N5O3. The predicted octanol–water partition coefficient (Wildman–Crippen LogP) is 2.54. The Balaban J connectivity index is 1.55. The van der Waals surface area contributed by atoms with Gasteiger partial charge in [0.05, 0.1) is 30.7 Å². The van der Waals surface area contributed by atoms with Gasteiger partial charge in [-0.05, 0) is 13.0 Å². The number of oxazole rings is 1. The van der Waals surface area contributed by atoms with Gasteiger partial charge in [0.1, 0.15) is 5.82 Å². The summed E-state index contributed by atoms with van der Waals surface area (Å²) >= 11 is 0. The fourth-order valence-electron chi connectivity index (χ4n) is 3.19. The summed E-state index contributed by atoms with van der Waals surface area (Å²) in [5, 5.41) is 0. The number of methoxy groups -OCH3 is 1. The number of aryl methyl sites for hydroxylation is 2. The molecule has 1 amide bonds. The lowest BCUT2D eigenvalue weighted by atomic mass is 10.1. The highest BCUT2D eigenvalue weighted by molar-refractivity contribution is 5.92. The second-order valence-electron chi connectivity index (χ2n) is 6.45. The predicted molar refractivity (Wildman–Crippen MR) is 97.4 cm³/mol. The lowest BCUT2D eigenvalue weighted by Crippen LogP contribution is -2.36. The minimum absolute atomic E-state index is 0.132. The molecule has 0 aliphatic carbocycles. The number of rotatable bonds is 4. The Morgan fingerprint density at radius 2 is 2.22 bits per heavy atom. The number of carbonyl (C=O) groups excluding carboxylic acids is 1. The first-order valence-electron chi connectivity index (χ1n) is 8.92. The van der Waals surface area contributed by atoms with Crippen LogP contribution in [0.3, 0.4) is 0 Å². The summed E-state index contributed by atoms with van der Waals surface area (Å²) in [6, 6.07) is 3.70. The van der Waals surface area contributed by atoms with Crippen molar-refractivity contribution in [2.45, 2.75) is 33.2 Å². The van der Waals surface area contributed by atoms with E-state index < -0.39 is 0 Å². The first kappa shape index (κ1) is 17.3. The first-order chi connectivity index (χ1) is 13.1. The number of hydrogen-bond acceptors (Lipinski definition) is 6. The third kappa shape index (κ3) is 3.18. The van der Waals surface area contributed by atoms with Crippen LogP contribution in [0.1, 0.15) is 40.5 Å². The number of hydrogen-bond donors (Lipinski definition) is 1. The zero-order valence-electron chi connectivity index (χ0n) is 15.6. The molecule has 0 radical (unpaired) electrons. The average Bonchev–Trinajstić information content (AvgIpc) is 3.30. The fraction of sp³-hybridized carbons (Fsp3) is 0.368. The highest BCUT2D eigenvalue weighted by Crippen LogP contribution is 2.25. The van der Waals surface area contributed by atoms with Crippen molar-refractivity contribution in [2.24, 2.45) is 0 Å². The van der Waals surface area contributed by atoms with E-state index in [-0.39, 0.29) is 5.91 Å². The van der Waals surface area contributed by atoms with Gasteiger partial charge in [-0.3, -0.25) is 4.79 Å². The highest BCUT2D eigenvalue weighted by atomic mass is 16.5. The van der Waals surface area contributed by atoms with E-state index >= 15 is 0 Å². The molecule has 140 valence electrons. The van der Waals surface area contributed by atoms with Crippen LogP contribution in [-0.4, -0.2) is 44.4 Å². The van der Waals surface area contributed by atoms with Gasteiger partial charge in [0.25, 0.3) is 5.91 Å². The number of amides is 1. The van der Waals surface area contributed by atoms with Crippen molar-refractivity contribution in [2.75, 3.05) is 13.7 Å². The summed E-state index contributed by atoms with van der Waals surface area (Å²) in [5.74, 6) is 2.08. The molecule has 0 fully saturated rings. The summed E-state index contributed by atoms with van der Waals surface area (Å²) in [5.41, 5.74) is 3.43. The second-order valence-corrected chi connectivity index (χ2v) is 6.45. The van der Waals surface area contributed by atoms with Crippen LogP contribution in [0, 0.1) is 6.92 Å². The van der Waals surface area contributed by atoms with Crippen LogP contribution in [0.25, 0.3) is 11.4 Å². The molecule has 0 atom stereocenters. The molecular weight excluding hydrogens is 346 g/mol. The van der Waals surface area contributed by atoms with Crippen LogP contribution in [0.5, 0.6) is 5.88 Å². The largest absolute Gasteiger partial charge is 0.481 e. The van der Waals surface area contributed by atoms with Crippen LogP contribution < -0.4 is 4.74 Å². The van der Waals surface area contributed by atoms with Crippen LogP contribution in [0.4, 0.5) is 0 Å². The van der Waals surface area contributed by atoms with Gasteiger partial charge >= 0.3 is 0 Å². The van der Waals surface area contributed by atoms with Crippen LogP contribution in [-0.2, 0) is 19.4 Å². The number of imidazole rings is 1. The van der Waals surface area contributed by atoms with Crippen molar-refractivity contribution in [3.8, 4) is 17.3 Å². The van der Waals surface area contributed by atoms with Gasteiger partial charge < -0.3 is 19.0 Å². The Bertz CT molecular complexity index is 974. The molecule has 1 aliphatic heterocycles. The normalized spacial score (nSPS) is 13.5. The van der Waals surface area contributed by atoms with Crippen molar-refractivity contribution >= 4 is 5.91 Å². The molecule has 8 nitrogen and oxygen atoms in total. The molecule has 1 aliphatic rings. The maximum atomic E-state index is 12.8. The molecule has 0 unspecified atom stereocenters. The molecule has 0 aromatic carbocycles. The molecule has 1 N–H and O–H groups in total. The van der Waals surface area contributed by atoms with Crippen molar-refractivity contribution in [3.63, 3.8) is 0 Å². The Kier molecular flexibility index (Phi) is 4.39. The number of aromatic amines is 1. The van der Waals surface area contributed by atoms with Gasteiger partial charge in [-0.1, -0.05) is 6.92 Å². The number of nitrogens with one attached hydrogen (secondary N) is 1. The smallest absolute Gasteiger partial charge is 0.291 e. The van der Waals surface area contributed by atoms with Gasteiger partial charge in [-0.15, -0.1) is 0 Å². The lowest BCUT2D eigenvalue weighted by Gasteiger charge is -2.25. The van der Waals surface area contributed by atoms with Gasteiger partial charge in [-0.25, -0.2) is 15.0 Å². The Morgan fingerprint density at radius 3 is 2.89 bits per heavy atom. The van der Waals surface area contributed by atoms with Gasteiger partial charge in [0.2, 0.25) is 11.6 Å². The van der Waals surface area contributed by atoms with E-state index in [1.165, 1.54) is 0 Å². The number of pyridine rings is 1. The highest BCUT2D eigenvalue weighted by Gasteiger charge is 2.28. The fourth-order valence-corrected chi connectivity index (χ4v) is 3.19. The molecule has 0 saturated heterocycles. The molecule has 3 aromatic heterocycles. The molecule has 4 rings (SSSR count). The molecule has 27 heavy (non-hydrogen) atoms. The number of ether oxygens (including phenoxy) is 1. The molecule has 8 heteroatoms. The monoisotopic (exact) mass is 367 g/mol. The Hall–Kier alpha value is -3.16. The van der Waals surface area contributed by atoms with E-state index in [1.807, 2.05) is 13.0 Å². The van der Waals surface area contributed by atoms with Crippen molar-refractivity contribution < 1.29 is 13.9 Å². The minimum Gasteiger partial charge on any atom is -0.481 e. The number of nitrogens with zero attached hydrogens (tertiary/aromatic N) is 4. The third-order valence-corrected chi connectivity index (χ3v) is 4.68. The standard InChI is InChI=1S/C19H21N5O3/c1-4-15-21-11(2)17(27-15)19(25)24-8-7-13-14(10-24)23-18(22-13)12-5-6-16(26-3)20-9-12/h5-6,9H,4,7-8,10H2,1-3H3,(H,22,23). The summed E-state index contributed by atoms with van der Waals surface area (Å²) in [4.78, 5) is 31.1. The van der Waals surface area contributed by atoms with Crippen molar-refractivity contribution in [1.82, 2.24) is 24.8 Å². The van der Waals surface area contributed by atoms with Gasteiger partial charge in [-0.2, -0.15) is 0 Å². The van der Waals surface area contributed by atoms with E-state index in [0.29, 0.717) is 49.2 Å². The van der Waals surface area contributed by atoms with Gasteiger partial charge in [0.15, 0.2) is 5.89 Å². The van der Waals surface area contributed by atoms with E-state index in [0.717, 1.165) is 22.8 Å². The first-order valence-corrected chi connectivity index (χ1v) is 8.92. The number of carbonyl (C=O) groups is 1. The van der Waals surface area contributed by atoms with E-state index in [2.05, 4.69) is 19.9 Å². The zero-order valence-corrected chi connectivity index (χ0v) is 15.6. The molecule has 3 aromatic rings. The van der Waals surface area contributed by atoms with E-state index in [4.69, 9.17) is 9.15 Å². The third-order valence-electron chi connectivity index (χ3n) is 4.68. The quantitative estimate of drug-likeness (QED) is 0.761. The summed E-state index contributed by atoms with van der Waals surface area (Å²) in [6.45, 7) is 4.81. The molecule has 0 bridgehead atoms. The van der Waals surface area contributed by atoms with Crippen LogP contribution in [0.15, 0.2) is 22.7 Å². The molecule has 0 spiro atoms.